The predicted octanol–water partition coefficient (Wildman–Crippen LogP) is 2.21. The van der Waals surface area contributed by atoms with Crippen molar-refractivity contribution in [3.8, 4) is 11.1 Å². The number of rotatable bonds is 2. The third-order valence-corrected chi connectivity index (χ3v) is 1.95. The van der Waals surface area contributed by atoms with Gasteiger partial charge in [0.05, 0.1) is 6.26 Å². The molecule has 2 N–H and O–H groups in total. The van der Waals surface area contributed by atoms with Crippen molar-refractivity contribution in [1.29, 1.82) is 0 Å². The maximum absolute atomic E-state index is 5.54. The first-order chi connectivity index (χ1) is 6.40. The van der Waals surface area contributed by atoms with Crippen LogP contribution in [0.4, 0.5) is 0 Å². The van der Waals surface area contributed by atoms with E-state index in [1.165, 1.54) is 0 Å². The van der Waals surface area contributed by atoms with Gasteiger partial charge in [-0.25, -0.2) is 0 Å². The van der Waals surface area contributed by atoms with Crippen molar-refractivity contribution in [1.82, 2.24) is 0 Å². The quantitative estimate of drug-likeness (QED) is 0.754. The van der Waals surface area contributed by atoms with E-state index in [0.717, 1.165) is 16.7 Å². The van der Waals surface area contributed by atoms with E-state index in [0.29, 0.717) is 6.54 Å². The van der Waals surface area contributed by atoms with Gasteiger partial charge in [0.15, 0.2) is 6.26 Å². The van der Waals surface area contributed by atoms with Crippen molar-refractivity contribution in [3.63, 3.8) is 0 Å². The van der Waals surface area contributed by atoms with E-state index < -0.39 is 0 Å². The summed E-state index contributed by atoms with van der Waals surface area (Å²) in [6, 6.07) is 9.93. The average Bonchev–Trinajstić information content (AvgIpc) is 2.71. The SMILES string of the molecule is NCc1cccc(-c2[c]occ2)c1. The molecule has 0 unspecified atom stereocenters. The lowest BCUT2D eigenvalue weighted by Crippen LogP contribution is -1.95. The summed E-state index contributed by atoms with van der Waals surface area (Å²) in [7, 11) is 0. The van der Waals surface area contributed by atoms with Gasteiger partial charge in [0.2, 0.25) is 0 Å². The molecule has 0 saturated carbocycles. The van der Waals surface area contributed by atoms with Gasteiger partial charge in [0.25, 0.3) is 0 Å². The van der Waals surface area contributed by atoms with Crippen molar-refractivity contribution in [2.75, 3.05) is 0 Å². The van der Waals surface area contributed by atoms with Gasteiger partial charge in [-0.2, -0.15) is 0 Å². The molecule has 2 aromatic rings. The smallest absolute Gasteiger partial charge is 0.177 e. The van der Waals surface area contributed by atoms with E-state index in [1.54, 1.807) is 6.26 Å². The Bertz CT molecular complexity index is 379. The lowest BCUT2D eigenvalue weighted by atomic mass is 10.1. The molecule has 0 aliphatic rings. The second kappa shape index (κ2) is 3.46. The number of hydrogen-bond donors (Lipinski definition) is 1. The molecule has 65 valence electrons. The highest BCUT2D eigenvalue weighted by atomic mass is 16.3. The fourth-order valence-corrected chi connectivity index (χ4v) is 1.25. The molecule has 2 heteroatoms. The highest BCUT2D eigenvalue weighted by Crippen LogP contribution is 2.19. The van der Waals surface area contributed by atoms with Crippen LogP contribution in [0.15, 0.2) is 41.0 Å². The number of nitrogens with two attached hydrogens (primary N) is 1. The summed E-state index contributed by atoms with van der Waals surface area (Å²) in [6.07, 6.45) is 4.40. The minimum Gasteiger partial charge on any atom is -0.460 e. The van der Waals surface area contributed by atoms with Crippen LogP contribution in [0, 0.1) is 6.26 Å². The molecule has 2 rings (SSSR count). The van der Waals surface area contributed by atoms with Crippen LogP contribution >= 0.6 is 0 Å². The molecule has 1 radical (unpaired) electrons. The molecule has 2 nitrogen and oxygen atoms in total. The molecular weight excluding hydrogens is 162 g/mol. The molecule has 0 aliphatic heterocycles. The van der Waals surface area contributed by atoms with E-state index in [9.17, 15) is 0 Å². The average molecular weight is 172 g/mol. The zero-order valence-electron chi connectivity index (χ0n) is 7.16. The summed E-state index contributed by atoms with van der Waals surface area (Å²) in [5.41, 5.74) is 8.72. The Hall–Kier alpha value is -1.54. The Kier molecular flexibility index (Phi) is 2.15. The van der Waals surface area contributed by atoms with E-state index >= 15 is 0 Å². The Balaban J connectivity index is 2.41. The molecule has 1 heterocycles. The van der Waals surface area contributed by atoms with Gasteiger partial charge in [0.1, 0.15) is 0 Å². The third kappa shape index (κ3) is 1.63. The molecule has 0 fully saturated rings. The molecule has 0 bridgehead atoms. The summed E-state index contributed by atoms with van der Waals surface area (Å²) in [5, 5.41) is 0. The van der Waals surface area contributed by atoms with Crippen LogP contribution in [0.25, 0.3) is 11.1 Å². The first-order valence-electron chi connectivity index (χ1n) is 4.15. The number of hydrogen-bond acceptors (Lipinski definition) is 2. The van der Waals surface area contributed by atoms with Gasteiger partial charge in [-0.15, -0.1) is 0 Å². The van der Waals surface area contributed by atoms with Crippen LogP contribution in [0.2, 0.25) is 0 Å². The van der Waals surface area contributed by atoms with Gasteiger partial charge >= 0.3 is 0 Å². The van der Waals surface area contributed by atoms with Crippen molar-refractivity contribution in [3.05, 3.63) is 48.4 Å². The largest absolute Gasteiger partial charge is 0.460 e. The Morgan fingerprint density at radius 3 is 2.92 bits per heavy atom. The monoisotopic (exact) mass is 172 g/mol. The first kappa shape index (κ1) is 8.08. The molecular formula is C11H10NO. The fraction of sp³-hybridized carbons (Fsp3) is 0.0909. The van der Waals surface area contributed by atoms with E-state index in [4.69, 9.17) is 10.2 Å². The van der Waals surface area contributed by atoms with Crippen LogP contribution < -0.4 is 5.73 Å². The third-order valence-electron chi connectivity index (χ3n) is 1.95. The highest BCUT2D eigenvalue weighted by molar-refractivity contribution is 5.62. The molecule has 0 saturated heterocycles. The molecule has 0 amide bonds. The zero-order valence-corrected chi connectivity index (χ0v) is 7.16. The molecule has 1 aromatic heterocycles. The Morgan fingerprint density at radius 1 is 1.31 bits per heavy atom. The summed E-state index contributed by atoms with van der Waals surface area (Å²) in [5.74, 6) is 0. The second-order valence-corrected chi connectivity index (χ2v) is 2.84. The van der Waals surface area contributed by atoms with Crippen LogP contribution in [0.3, 0.4) is 0 Å². The van der Waals surface area contributed by atoms with Crippen molar-refractivity contribution in [2.24, 2.45) is 5.73 Å². The van der Waals surface area contributed by atoms with Gasteiger partial charge in [-0.3, -0.25) is 0 Å². The molecule has 0 atom stereocenters. The standard InChI is InChI=1S/C11H10NO/c12-7-9-2-1-3-10(6-9)11-4-5-13-8-11/h1-6H,7,12H2. The molecule has 13 heavy (non-hydrogen) atoms. The normalized spacial score (nSPS) is 10.2. The zero-order chi connectivity index (χ0) is 9.10. The predicted molar refractivity (Wildman–Crippen MR) is 50.9 cm³/mol. The van der Waals surface area contributed by atoms with Gasteiger partial charge in [-0.1, -0.05) is 18.2 Å². The number of benzene rings is 1. The maximum Gasteiger partial charge on any atom is 0.177 e. The minimum atomic E-state index is 0.561. The van der Waals surface area contributed by atoms with Gasteiger partial charge in [0, 0.05) is 12.1 Å². The summed E-state index contributed by atoms with van der Waals surface area (Å²) in [4.78, 5) is 0. The summed E-state index contributed by atoms with van der Waals surface area (Å²) in [6.45, 7) is 0.561. The van der Waals surface area contributed by atoms with Crippen LogP contribution in [-0.2, 0) is 6.54 Å². The van der Waals surface area contributed by atoms with Crippen LogP contribution in [-0.4, -0.2) is 0 Å². The van der Waals surface area contributed by atoms with Crippen molar-refractivity contribution in [2.45, 2.75) is 6.54 Å². The lowest BCUT2D eigenvalue weighted by Gasteiger charge is -1.99. The minimum absolute atomic E-state index is 0.561. The van der Waals surface area contributed by atoms with E-state index in [1.807, 2.05) is 30.3 Å². The van der Waals surface area contributed by atoms with Crippen LogP contribution in [0.1, 0.15) is 5.56 Å². The molecule has 0 aliphatic carbocycles. The number of furan rings is 1. The molecule has 1 aromatic carbocycles. The van der Waals surface area contributed by atoms with E-state index in [-0.39, 0.29) is 0 Å². The molecule has 0 spiro atoms. The van der Waals surface area contributed by atoms with Gasteiger partial charge in [-0.05, 0) is 23.3 Å². The maximum atomic E-state index is 5.54. The van der Waals surface area contributed by atoms with Gasteiger partial charge < -0.3 is 10.2 Å². The highest BCUT2D eigenvalue weighted by Gasteiger charge is 1.99. The fourth-order valence-electron chi connectivity index (χ4n) is 1.25. The summed E-state index contributed by atoms with van der Waals surface area (Å²) < 4.78 is 4.89. The van der Waals surface area contributed by atoms with E-state index in [2.05, 4.69) is 6.26 Å². The first-order valence-corrected chi connectivity index (χ1v) is 4.15. The second-order valence-electron chi connectivity index (χ2n) is 2.84. The van der Waals surface area contributed by atoms with Crippen molar-refractivity contribution < 1.29 is 4.42 Å². The van der Waals surface area contributed by atoms with Crippen LogP contribution in [0.5, 0.6) is 0 Å². The van der Waals surface area contributed by atoms with Crippen molar-refractivity contribution >= 4 is 0 Å². The topological polar surface area (TPSA) is 39.2 Å². The summed E-state index contributed by atoms with van der Waals surface area (Å²) >= 11 is 0. The lowest BCUT2D eigenvalue weighted by molar-refractivity contribution is 0.559. The Labute approximate surface area is 77.0 Å². The Morgan fingerprint density at radius 2 is 2.23 bits per heavy atom.